The van der Waals surface area contributed by atoms with Crippen LogP contribution in [0.25, 0.3) is 0 Å². The Bertz CT molecular complexity index is 878. The first-order valence-corrected chi connectivity index (χ1v) is 9.10. The Labute approximate surface area is 160 Å². The predicted molar refractivity (Wildman–Crippen MR) is 107 cm³/mol. The quantitative estimate of drug-likeness (QED) is 0.690. The maximum atomic E-state index is 12.7. The largest absolute Gasteiger partial charge is 0.350 e. The molecule has 1 amide bonds. The molecule has 0 saturated carbocycles. The summed E-state index contributed by atoms with van der Waals surface area (Å²) in [5.41, 5.74) is 3.98. The number of carbonyl (C=O) groups is 1. The molecule has 2 aromatic carbocycles. The lowest BCUT2D eigenvalue weighted by atomic mass is 10.1. The summed E-state index contributed by atoms with van der Waals surface area (Å²) in [5, 5.41) is 3.19. The monoisotopic (exact) mass is 360 g/mol. The topological polar surface area (TPSA) is 58.1 Å². The van der Waals surface area contributed by atoms with E-state index in [2.05, 4.69) is 40.4 Å². The molecule has 0 bridgehead atoms. The highest BCUT2D eigenvalue weighted by Crippen LogP contribution is 2.11. The summed E-state index contributed by atoms with van der Waals surface area (Å²) in [6.07, 6.45) is 3.17. The van der Waals surface area contributed by atoms with Gasteiger partial charge in [-0.05, 0) is 25.0 Å². The van der Waals surface area contributed by atoms with Gasteiger partial charge >= 0.3 is 0 Å². The fraction of sp³-hybridized carbons (Fsp3) is 0.227. The van der Waals surface area contributed by atoms with Crippen molar-refractivity contribution in [2.75, 3.05) is 11.9 Å². The molecule has 5 heteroatoms. The summed E-state index contributed by atoms with van der Waals surface area (Å²) in [5.74, 6) is 0.450. The Balaban J connectivity index is 1.62. The molecule has 0 atom stereocenters. The molecular formula is C22H24N4O. The van der Waals surface area contributed by atoms with Crippen molar-refractivity contribution in [3.05, 3.63) is 89.2 Å². The number of rotatable bonds is 7. The molecule has 0 spiro atoms. The molecule has 0 fully saturated rings. The molecule has 3 aromatic rings. The van der Waals surface area contributed by atoms with Crippen molar-refractivity contribution in [2.24, 2.45) is 0 Å². The van der Waals surface area contributed by atoms with Crippen LogP contribution in [0.15, 0.2) is 67.0 Å². The summed E-state index contributed by atoms with van der Waals surface area (Å²) in [4.78, 5) is 23.1. The third-order valence-corrected chi connectivity index (χ3v) is 4.32. The van der Waals surface area contributed by atoms with E-state index >= 15 is 0 Å². The number of aryl methyl sites for hydroxylation is 1. The van der Waals surface area contributed by atoms with E-state index in [1.807, 2.05) is 43.3 Å². The summed E-state index contributed by atoms with van der Waals surface area (Å²) in [7, 11) is 0. The van der Waals surface area contributed by atoms with E-state index in [1.165, 1.54) is 11.1 Å². The zero-order chi connectivity index (χ0) is 19.1. The van der Waals surface area contributed by atoms with E-state index < -0.39 is 0 Å². The second-order valence-electron chi connectivity index (χ2n) is 6.44. The van der Waals surface area contributed by atoms with Gasteiger partial charge in [0, 0.05) is 32.0 Å². The molecule has 1 N–H and O–H groups in total. The Hall–Kier alpha value is -3.21. The average Bonchev–Trinajstić information content (AvgIpc) is 2.71. The minimum absolute atomic E-state index is 0.0633. The molecule has 1 heterocycles. The molecule has 0 saturated heterocycles. The molecule has 3 rings (SSSR count). The van der Waals surface area contributed by atoms with E-state index in [1.54, 1.807) is 17.3 Å². The molecule has 0 aliphatic heterocycles. The van der Waals surface area contributed by atoms with Crippen molar-refractivity contribution >= 4 is 11.9 Å². The highest BCUT2D eigenvalue weighted by atomic mass is 16.2. The van der Waals surface area contributed by atoms with Gasteiger partial charge in [0.25, 0.3) is 5.91 Å². The Morgan fingerprint density at radius 2 is 1.70 bits per heavy atom. The van der Waals surface area contributed by atoms with Crippen molar-refractivity contribution in [1.29, 1.82) is 0 Å². The summed E-state index contributed by atoms with van der Waals surface area (Å²) in [6.45, 7) is 5.88. The number of hydrogen-bond donors (Lipinski definition) is 1. The second kappa shape index (κ2) is 8.94. The van der Waals surface area contributed by atoms with Crippen LogP contribution in [0.1, 0.15) is 34.0 Å². The maximum Gasteiger partial charge on any atom is 0.257 e. The van der Waals surface area contributed by atoms with E-state index in [0.29, 0.717) is 31.1 Å². The van der Waals surface area contributed by atoms with Gasteiger partial charge in [0.1, 0.15) is 0 Å². The van der Waals surface area contributed by atoms with Crippen LogP contribution in [0.5, 0.6) is 0 Å². The van der Waals surface area contributed by atoms with Gasteiger partial charge in [0.2, 0.25) is 5.95 Å². The normalized spacial score (nSPS) is 10.4. The first-order chi connectivity index (χ1) is 13.2. The molecule has 0 aliphatic rings. The van der Waals surface area contributed by atoms with E-state index in [-0.39, 0.29) is 5.91 Å². The van der Waals surface area contributed by atoms with Crippen LogP contribution in [0.2, 0.25) is 0 Å². The van der Waals surface area contributed by atoms with Crippen molar-refractivity contribution < 1.29 is 4.79 Å². The minimum Gasteiger partial charge on any atom is -0.350 e. The Morgan fingerprint density at radius 1 is 1.00 bits per heavy atom. The fourth-order valence-electron chi connectivity index (χ4n) is 2.85. The van der Waals surface area contributed by atoms with Crippen LogP contribution in [0.4, 0.5) is 5.95 Å². The van der Waals surface area contributed by atoms with Crippen molar-refractivity contribution in [1.82, 2.24) is 14.9 Å². The van der Waals surface area contributed by atoms with Crippen molar-refractivity contribution in [2.45, 2.75) is 26.9 Å². The maximum absolute atomic E-state index is 12.7. The molecule has 138 valence electrons. The number of anilines is 1. The fourth-order valence-corrected chi connectivity index (χ4v) is 2.85. The van der Waals surface area contributed by atoms with Crippen LogP contribution in [0, 0.1) is 6.92 Å². The summed E-state index contributed by atoms with van der Waals surface area (Å²) < 4.78 is 0. The van der Waals surface area contributed by atoms with Crippen LogP contribution in [-0.2, 0) is 13.1 Å². The number of benzene rings is 2. The Morgan fingerprint density at radius 3 is 2.37 bits per heavy atom. The van der Waals surface area contributed by atoms with Crippen LogP contribution >= 0.6 is 0 Å². The number of nitrogens with one attached hydrogen (secondary N) is 1. The third kappa shape index (κ3) is 5.14. The molecule has 0 unspecified atom stereocenters. The molecule has 27 heavy (non-hydrogen) atoms. The smallest absolute Gasteiger partial charge is 0.257 e. The molecule has 0 radical (unpaired) electrons. The van der Waals surface area contributed by atoms with Gasteiger partial charge in [0.05, 0.1) is 5.56 Å². The lowest BCUT2D eigenvalue weighted by Gasteiger charge is -2.20. The lowest BCUT2D eigenvalue weighted by Crippen LogP contribution is -2.30. The molecule has 0 aliphatic carbocycles. The first-order valence-electron chi connectivity index (χ1n) is 9.10. The van der Waals surface area contributed by atoms with Gasteiger partial charge in [-0.3, -0.25) is 4.79 Å². The van der Waals surface area contributed by atoms with Gasteiger partial charge < -0.3 is 10.2 Å². The standard InChI is InChI=1S/C22H24N4O/c1-3-26(16-18-9-5-4-6-10-18)21(27)20-14-24-22(25-15-20)23-13-19-11-7-8-17(2)12-19/h4-12,14-15H,3,13,16H2,1-2H3,(H,23,24,25). The predicted octanol–water partition coefficient (Wildman–Crippen LogP) is 4.06. The van der Waals surface area contributed by atoms with E-state index in [0.717, 1.165) is 5.56 Å². The zero-order valence-corrected chi connectivity index (χ0v) is 15.7. The van der Waals surface area contributed by atoms with E-state index in [9.17, 15) is 4.79 Å². The molecule has 5 nitrogen and oxygen atoms in total. The highest BCUT2D eigenvalue weighted by molar-refractivity contribution is 5.93. The van der Waals surface area contributed by atoms with Gasteiger partial charge in [-0.15, -0.1) is 0 Å². The summed E-state index contributed by atoms with van der Waals surface area (Å²) in [6, 6.07) is 18.2. The number of nitrogens with zero attached hydrogens (tertiary/aromatic N) is 3. The lowest BCUT2D eigenvalue weighted by molar-refractivity contribution is 0.0751. The van der Waals surface area contributed by atoms with Crippen LogP contribution in [-0.4, -0.2) is 27.3 Å². The third-order valence-electron chi connectivity index (χ3n) is 4.32. The zero-order valence-electron chi connectivity index (χ0n) is 15.7. The SMILES string of the molecule is CCN(Cc1ccccc1)C(=O)c1cnc(NCc2cccc(C)c2)nc1. The second-order valence-corrected chi connectivity index (χ2v) is 6.44. The number of carbonyl (C=O) groups excluding carboxylic acids is 1. The van der Waals surface area contributed by atoms with Gasteiger partial charge in [0.15, 0.2) is 0 Å². The van der Waals surface area contributed by atoms with Crippen LogP contribution in [0.3, 0.4) is 0 Å². The van der Waals surface area contributed by atoms with Gasteiger partial charge in [-0.2, -0.15) is 0 Å². The van der Waals surface area contributed by atoms with Crippen LogP contribution < -0.4 is 5.32 Å². The van der Waals surface area contributed by atoms with Gasteiger partial charge in [-0.1, -0.05) is 60.2 Å². The summed E-state index contributed by atoms with van der Waals surface area (Å²) >= 11 is 0. The van der Waals surface area contributed by atoms with E-state index in [4.69, 9.17) is 0 Å². The van der Waals surface area contributed by atoms with Gasteiger partial charge in [-0.25, -0.2) is 9.97 Å². The number of hydrogen-bond acceptors (Lipinski definition) is 4. The Kier molecular flexibility index (Phi) is 6.15. The average molecular weight is 360 g/mol. The first kappa shape index (κ1) is 18.6. The highest BCUT2D eigenvalue weighted by Gasteiger charge is 2.15. The molecule has 1 aromatic heterocycles. The number of aromatic nitrogens is 2. The number of amides is 1. The molecular weight excluding hydrogens is 336 g/mol. The van der Waals surface area contributed by atoms with Crippen molar-refractivity contribution in [3.8, 4) is 0 Å². The minimum atomic E-state index is -0.0633. The van der Waals surface area contributed by atoms with Crippen molar-refractivity contribution in [3.63, 3.8) is 0 Å².